The summed E-state index contributed by atoms with van der Waals surface area (Å²) in [5.74, 6) is 0.986. The van der Waals surface area contributed by atoms with Gasteiger partial charge < -0.3 is 14.8 Å². The predicted octanol–water partition coefficient (Wildman–Crippen LogP) is 2.99. The van der Waals surface area contributed by atoms with E-state index in [-0.39, 0.29) is 5.60 Å². The van der Waals surface area contributed by atoms with Crippen molar-refractivity contribution in [1.82, 2.24) is 0 Å². The highest BCUT2D eigenvalue weighted by Gasteiger charge is 2.31. The molecule has 3 nitrogen and oxygen atoms in total. The largest absolute Gasteiger partial charge is 0.483 e. The molecule has 1 fully saturated rings. The van der Waals surface area contributed by atoms with Gasteiger partial charge in [-0.3, -0.25) is 0 Å². The highest BCUT2D eigenvalue weighted by Crippen LogP contribution is 2.36. The molecule has 18 heavy (non-hydrogen) atoms. The van der Waals surface area contributed by atoms with Crippen molar-refractivity contribution in [1.29, 1.82) is 0 Å². The van der Waals surface area contributed by atoms with E-state index in [1.807, 2.05) is 0 Å². The fraction of sp³-hybridized carbons (Fsp3) is 0.600. The van der Waals surface area contributed by atoms with Gasteiger partial charge in [-0.25, -0.2) is 0 Å². The van der Waals surface area contributed by atoms with Crippen LogP contribution in [-0.4, -0.2) is 25.4 Å². The highest BCUT2D eigenvalue weighted by atomic mass is 16.5. The van der Waals surface area contributed by atoms with Gasteiger partial charge in [0.2, 0.25) is 0 Å². The maximum absolute atomic E-state index is 6.25. The van der Waals surface area contributed by atoms with Crippen LogP contribution in [0, 0.1) is 0 Å². The van der Waals surface area contributed by atoms with E-state index in [0.29, 0.717) is 6.61 Å². The van der Waals surface area contributed by atoms with Crippen LogP contribution in [0.1, 0.15) is 31.7 Å². The fourth-order valence-electron chi connectivity index (χ4n) is 2.82. The monoisotopic (exact) mass is 247 g/mol. The minimum Gasteiger partial charge on any atom is -0.483 e. The molecule has 0 aromatic heterocycles. The van der Waals surface area contributed by atoms with E-state index in [1.54, 1.807) is 0 Å². The molecule has 1 N–H and O–H groups in total. The molecule has 2 aliphatic rings. The van der Waals surface area contributed by atoms with Crippen LogP contribution in [0.5, 0.6) is 5.75 Å². The molecule has 1 unspecified atom stereocenters. The minimum absolute atomic E-state index is 0.174. The van der Waals surface area contributed by atoms with Crippen molar-refractivity contribution in [3.05, 3.63) is 23.8 Å². The highest BCUT2D eigenvalue weighted by molar-refractivity contribution is 5.63. The molecule has 3 heteroatoms. The number of fused-ring (bicyclic) bond motifs is 1. The van der Waals surface area contributed by atoms with E-state index in [0.717, 1.165) is 38.2 Å². The summed E-state index contributed by atoms with van der Waals surface area (Å²) < 4.78 is 11.8. The van der Waals surface area contributed by atoms with Gasteiger partial charge in [-0.05, 0) is 44.2 Å². The quantitative estimate of drug-likeness (QED) is 0.871. The first-order valence-electron chi connectivity index (χ1n) is 6.89. The summed E-state index contributed by atoms with van der Waals surface area (Å²) in [6.45, 7) is 4.75. The summed E-state index contributed by atoms with van der Waals surface area (Å²) in [7, 11) is 0. The number of benzene rings is 1. The van der Waals surface area contributed by atoms with Crippen LogP contribution in [0.4, 0.5) is 5.69 Å². The molecule has 1 aromatic rings. The fourth-order valence-corrected chi connectivity index (χ4v) is 2.82. The number of rotatable bonds is 2. The Kier molecular flexibility index (Phi) is 3.16. The number of hydrogen-bond acceptors (Lipinski definition) is 3. The smallest absolute Gasteiger partial charge is 0.143 e. The number of para-hydroxylation sites is 1. The van der Waals surface area contributed by atoms with E-state index in [1.165, 1.54) is 17.7 Å². The van der Waals surface area contributed by atoms with Crippen LogP contribution in [0.15, 0.2) is 18.2 Å². The van der Waals surface area contributed by atoms with Crippen LogP contribution in [-0.2, 0) is 11.2 Å². The molecule has 1 saturated heterocycles. The first-order chi connectivity index (χ1) is 8.77. The Labute approximate surface area is 108 Å². The third kappa shape index (κ3) is 2.32. The maximum Gasteiger partial charge on any atom is 0.143 e. The molecule has 0 bridgehead atoms. The average Bonchev–Trinajstić information content (AvgIpc) is 2.40. The minimum atomic E-state index is -0.174. The van der Waals surface area contributed by atoms with E-state index >= 15 is 0 Å². The first-order valence-corrected chi connectivity index (χ1v) is 6.89. The van der Waals surface area contributed by atoms with Crippen molar-refractivity contribution in [2.75, 3.05) is 25.1 Å². The summed E-state index contributed by atoms with van der Waals surface area (Å²) in [6.07, 6.45) is 4.50. The normalized spacial score (nSPS) is 27.2. The molecule has 0 aliphatic carbocycles. The lowest BCUT2D eigenvalue weighted by atomic mass is 9.98. The third-order valence-electron chi connectivity index (χ3n) is 3.80. The lowest BCUT2D eigenvalue weighted by Crippen LogP contribution is -2.41. The van der Waals surface area contributed by atoms with Crippen molar-refractivity contribution >= 4 is 5.69 Å². The van der Waals surface area contributed by atoms with Gasteiger partial charge in [0.1, 0.15) is 11.4 Å². The number of hydrogen-bond donors (Lipinski definition) is 1. The van der Waals surface area contributed by atoms with Crippen molar-refractivity contribution in [3.8, 4) is 5.75 Å². The molecule has 1 aromatic carbocycles. The van der Waals surface area contributed by atoms with Crippen molar-refractivity contribution < 1.29 is 9.47 Å². The van der Waals surface area contributed by atoms with Gasteiger partial charge in [0.05, 0.1) is 12.3 Å². The predicted molar refractivity (Wildman–Crippen MR) is 72.3 cm³/mol. The van der Waals surface area contributed by atoms with Crippen LogP contribution in [0.3, 0.4) is 0 Å². The lowest BCUT2D eigenvalue weighted by Gasteiger charge is -2.35. The zero-order valence-corrected chi connectivity index (χ0v) is 11.0. The number of ether oxygens (including phenoxy) is 2. The summed E-state index contributed by atoms with van der Waals surface area (Å²) in [4.78, 5) is 0. The second-order valence-corrected chi connectivity index (χ2v) is 5.53. The Bertz CT molecular complexity index is 425. The Balaban J connectivity index is 1.83. The summed E-state index contributed by atoms with van der Waals surface area (Å²) in [5, 5.41) is 3.47. The van der Waals surface area contributed by atoms with Gasteiger partial charge >= 0.3 is 0 Å². The van der Waals surface area contributed by atoms with Crippen LogP contribution in [0.2, 0.25) is 0 Å². The van der Waals surface area contributed by atoms with Crippen molar-refractivity contribution in [2.24, 2.45) is 0 Å². The van der Waals surface area contributed by atoms with Gasteiger partial charge in [-0.15, -0.1) is 0 Å². The molecule has 0 radical (unpaired) electrons. The Morgan fingerprint density at radius 2 is 2.28 bits per heavy atom. The molecule has 98 valence electrons. The van der Waals surface area contributed by atoms with E-state index < -0.39 is 0 Å². The summed E-state index contributed by atoms with van der Waals surface area (Å²) in [6, 6.07) is 6.35. The molecule has 0 amide bonds. The van der Waals surface area contributed by atoms with Gasteiger partial charge in [0, 0.05) is 13.2 Å². The zero-order valence-electron chi connectivity index (χ0n) is 11.0. The second-order valence-electron chi connectivity index (χ2n) is 5.53. The van der Waals surface area contributed by atoms with Gasteiger partial charge in [-0.1, -0.05) is 12.1 Å². The molecule has 2 heterocycles. The average molecular weight is 247 g/mol. The number of aryl methyl sites for hydroxylation is 1. The van der Waals surface area contributed by atoms with Crippen LogP contribution < -0.4 is 10.1 Å². The molecule has 2 aliphatic heterocycles. The van der Waals surface area contributed by atoms with Gasteiger partial charge in [-0.2, -0.15) is 0 Å². The molecular formula is C15H21NO2. The standard InChI is InChI=1S/C15H21NO2/c1-15(8-4-10-17-11-15)18-13-7-2-5-12-6-3-9-16-14(12)13/h2,5,7,16H,3-4,6,8-11H2,1H3. The maximum atomic E-state index is 6.25. The Morgan fingerprint density at radius 3 is 3.11 bits per heavy atom. The number of nitrogens with one attached hydrogen (secondary N) is 1. The van der Waals surface area contributed by atoms with E-state index in [2.05, 4.69) is 30.4 Å². The van der Waals surface area contributed by atoms with Crippen LogP contribution in [0.25, 0.3) is 0 Å². The Morgan fingerprint density at radius 1 is 1.33 bits per heavy atom. The lowest BCUT2D eigenvalue weighted by molar-refractivity contribution is -0.0560. The molecule has 0 saturated carbocycles. The van der Waals surface area contributed by atoms with Gasteiger partial charge in [0.15, 0.2) is 0 Å². The molecule has 3 rings (SSSR count). The third-order valence-corrected chi connectivity index (χ3v) is 3.80. The first kappa shape index (κ1) is 11.8. The number of anilines is 1. The van der Waals surface area contributed by atoms with Crippen molar-refractivity contribution in [3.63, 3.8) is 0 Å². The van der Waals surface area contributed by atoms with Crippen LogP contribution >= 0.6 is 0 Å². The second kappa shape index (κ2) is 4.81. The summed E-state index contributed by atoms with van der Waals surface area (Å²) in [5.41, 5.74) is 2.39. The Hall–Kier alpha value is -1.22. The molecular weight excluding hydrogens is 226 g/mol. The molecule has 0 spiro atoms. The summed E-state index contributed by atoms with van der Waals surface area (Å²) >= 11 is 0. The zero-order chi connectivity index (χ0) is 12.4. The topological polar surface area (TPSA) is 30.5 Å². The van der Waals surface area contributed by atoms with Gasteiger partial charge in [0.25, 0.3) is 0 Å². The van der Waals surface area contributed by atoms with E-state index in [9.17, 15) is 0 Å². The molecule has 1 atom stereocenters. The van der Waals surface area contributed by atoms with E-state index in [4.69, 9.17) is 9.47 Å². The van der Waals surface area contributed by atoms with Crippen molar-refractivity contribution in [2.45, 2.75) is 38.2 Å². The SMILES string of the molecule is CC1(Oc2cccc3c2NCCC3)CCCOC1.